The standard InChI is InChI=1S/C9H10N2O.ClH/c10-7-2-3-8-6(5-7)1-4-9(12)11-8;/h2-3,5H,1,4,10H2,(H,11,12);1H. The van der Waals surface area contributed by atoms with E-state index in [9.17, 15) is 4.79 Å². The molecular formula is C9H11ClN2O. The summed E-state index contributed by atoms with van der Waals surface area (Å²) in [6.45, 7) is 0. The van der Waals surface area contributed by atoms with Crippen molar-refractivity contribution in [3.8, 4) is 0 Å². The van der Waals surface area contributed by atoms with Crippen LogP contribution < -0.4 is 11.1 Å². The summed E-state index contributed by atoms with van der Waals surface area (Å²) in [5.74, 6) is 0.0901. The molecular weight excluding hydrogens is 188 g/mol. The van der Waals surface area contributed by atoms with Crippen LogP contribution in [0.5, 0.6) is 0 Å². The molecule has 0 atom stereocenters. The van der Waals surface area contributed by atoms with Crippen molar-refractivity contribution in [3.63, 3.8) is 0 Å². The number of anilines is 2. The first-order chi connectivity index (χ1) is 5.75. The van der Waals surface area contributed by atoms with Crippen LogP contribution in [0.1, 0.15) is 12.0 Å². The van der Waals surface area contributed by atoms with E-state index < -0.39 is 0 Å². The molecule has 0 fully saturated rings. The van der Waals surface area contributed by atoms with Gasteiger partial charge in [0.1, 0.15) is 0 Å². The van der Waals surface area contributed by atoms with E-state index >= 15 is 0 Å². The summed E-state index contributed by atoms with van der Waals surface area (Å²) < 4.78 is 0. The van der Waals surface area contributed by atoms with E-state index in [1.54, 1.807) is 6.07 Å². The van der Waals surface area contributed by atoms with Crippen LogP contribution in [0, 0.1) is 0 Å². The Morgan fingerprint density at radius 3 is 2.85 bits per heavy atom. The fourth-order valence-corrected chi connectivity index (χ4v) is 1.40. The Morgan fingerprint density at radius 2 is 2.08 bits per heavy atom. The Labute approximate surface area is 82.7 Å². The number of nitrogens with two attached hydrogens (primary N) is 1. The molecule has 0 aromatic heterocycles. The van der Waals surface area contributed by atoms with Crippen molar-refractivity contribution < 1.29 is 4.79 Å². The quantitative estimate of drug-likeness (QED) is 0.622. The maximum Gasteiger partial charge on any atom is 0.224 e. The van der Waals surface area contributed by atoms with Gasteiger partial charge in [-0.3, -0.25) is 4.79 Å². The summed E-state index contributed by atoms with van der Waals surface area (Å²) in [4.78, 5) is 11.0. The molecule has 0 saturated heterocycles. The molecule has 0 aliphatic carbocycles. The third-order valence-corrected chi connectivity index (χ3v) is 2.02. The van der Waals surface area contributed by atoms with Gasteiger partial charge in [0, 0.05) is 17.8 Å². The highest BCUT2D eigenvalue weighted by Gasteiger charge is 2.13. The molecule has 0 bridgehead atoms. The van der Waals surface area contributed by atoms with E-state index in [-0.39, 0.29) is 18.3 Å². The van der Waals surface area contributed by atoms with Gasteiger partial charge >= 0.3 is 0 Å². The van der Waals surface area contributed by atoms with Crippen LogP contribution in [0.4, 0.5) is 11.4 Å². The molecule has 1 aliphatic heterocycles. The fourth-order valence-electron chi connectivity index (χ4n) is 1.40. The van der Waals surface area contributed by atoms with Crippen molar-refractivity contribution in [2.75, 3.05) is 11.1 Å². The number of halogens is 1. The monoisotopic (exact) mass is 198 g/mol. The number of aryl methyl sites for hydroxylation is 1. The smallest absolute Gasteiger partial charge is 0.224 e. The van der Waals surface area contributed by atoms with E-state index in [2.05, 4.69) is 5.32 Å². The maximum atomic E-state index is 11.0. The highest BCUT2D eigenvalue weighted by atomic mass is 35.5. The zero-order chi connectivity index (χ0) is 8.55. The lowest BCUT2D eigenvalue weighted by Gasteiger charge is -2.16. The number of hydrogen-bond acceptors (Lipinski definition) is 2. The molecule has 2 rings (SSSR count). The predicted octanol–water partition coefficient (Wildman–Crippen LogP) is 1.58. The second-order valence-corrected chi connectivity index (χ2v) is 2.96. The summed E-state index contributed by atoms with van der Waals surface area (Å²) >= 11 is 0. The van der Waals surface area contributed by atoms with Gasteiger partial charge in [-0.05, 0) is 30.2 Å². The summed E-state index contributed by atoms with van der Waals surface area (Å²) in [5.41, 5.74) is 8.40. The number of carbonyl (C=O) groups is 1. The molecule has 1 amide bonds. The Bertz CT molecular complexity index is 338. The summed E-state index contributed by atoms with van der Waals surface area (Å²) in [7, 11) is 0. The van der Waals surface area contributed by atoms with Crippen LogP contribution in [0.25, 0.3) is 0 Å². The minimum Gasteiger partial charge on any atom is -0.399 e. The average molecular weight is 199 g/mol. The number of hydrogen-bond donors (Lipinski definition) is 2. The lowest BCUT2D eigenvalue weighted by Crippen LogP contribution is -2.18. The molecule has 3 nitrogen and oxygen atoms in total. The third-order valence-electron chi connectivity index (χ3n) is 2.02. The number of fused-ring (bicyclic) bond motifs is 1. The highest BCUT2D eigenvalue weighted by molar-refractivity contribution is 5.94. The summed E-state index contributed by atoms with van der Waals surface area (Å²) in [5, 5.41) is 2.79. The molecule has 1 heterocycles. The van der Waals surface area contributed by atoms with E-state index in [1.807, 2.05) is 12.1 Å². The van der Waals surface area contributed by atoms with E-state index in [0.717, 1.165) is 23.4 Å². The number of nitrogens with one attached hydrogen (secondary N) is 1. The van der Waals surface area contributed by atoms with Gasteiger partial charge in [-0.25, -0.2) is 0 Å². The van der Waals surface area contributed by atoms with Gasteiger partial charge in [-0.15, -0.1) is 12.4 Å². The topological polar surface area (TPSA) is 55.1 Å². The number of amides is 1. The second kappa shape index (κ2) is 3.66. The van der Waals surface area contributed by atoms with Crippen molar-refractivity contribution >= 4 is 29.7 Å². The van der Waals surface area contributed by atoms with Crippen LogP contribution in [0.3, 0.4) is 0 Å². The van der Waals surface area contributed by atoms with Crippen LogP contribution >= 0.6 is 12.4 Å². The first-order valence-corrected chi connectivity index (χ1v) is 3.94. The average Bonchev–Trinajstić information content (AvgIpc) is 2.05. The van der Waals surface area contributed by atoms with Crippen LogP contribution in [0.2, 0.25) is 0 Å². The molecule has 0 spiro atoms. The first kappa shape index (κ1) is 9.86. The summed E-state index contributed by atoms with van der Waals surface area (Å²) in [6.07, 6.45) is 1.36. The predicted molar refractivity (Wildman–Crippen MR) is 55.1 cm³/mol. The lowest BCUT2D eigenvalue weighted by molar-refractivity contribution is -0.116. The normalized spacial score (nSPS) is 14.0. The number of carbonyl (C=O) groups excluding carboxylic acids is 1. The van der Waals surface area contributed by atoms with Crippen LogP contribution in [-0.2, 0) is 11.2 Å². The van der Waals surface area contributed by atoms with Gasteiger partial charge in [0.05, 0.1) is 0 Å². The molecule has 4 heteroatoms. The molecule has 0 radical (unpaired) electrons. The van der Waals surface area contributed by atoms with Crippen LogP contribution in [-0.4, -0.2) is 5.91 Å². The number of nitrogen functional groups attached to an aromatic ring is 1. The van der Waals surface area contributed by atoms with Gasteiger partial charge in [-0.1, -0.05) is 0 Å². The third kappa shape index (κ3) is 1.92. The SMILES string of the molecule is Cl.Nc1ccc2c(c1)CCC(=O)N2. The van der Waals surface area contributed by atoms with Crippen molar-refractivity contribution in [1.29, 1.82) is 0 Å². The molecule has 70 valence electrons. The van der Waals surface area contributed by atoms with Gasteiger partial charge in [0.2, 0.25) is 5.91 Å². The van der Waals surface area contributed by atoms with Crippen molar-refractivity contribution in [2.45, 2.75) is 12.8 Å². The first-order valence-electron chi connectivity index (χ1n) is 3.94. The molecule has 1 aromatic rings. The molecule has 1 aromatic carbocycles. The second-order valence-electron chi connectivity index (χ2n) is 2.96. The number of benzene rings is 1. The molecule has 0 saturated carbocycles. The van der Waals surface area contributed by atoms with E-state index in [1.165, 1.54) is 0 Å². The van der Waals surface area contributed by atoms with Gasteiger partial charge in [-0.2, -0.15) is 0 Å². The Balaban J connectivity index is 0.000000845. The van der Waals surface area contributed by atoms with E-state index in [4.69, 9.17) is 5.73 Å². The van der Waals surface area contributed by atoms with Gasteiger partial charge < -0.3 is 11.1 Å². The van der Waals surface area contributed by atoms with Gasteiger partial charge in [0.25, 0.3) is 0 Å². The highest BCUT2D eigenvalue weighted by Crippen LogP contribution is 2.23. The summed E-state index contributed by atoms with van der Waals surface area (Å²) in [6, 6.07) is 5.56. The molecule has 13 heavy (non-hydrogen) atoms. The largest absolute Gasteiger partial charge is 0.399 e. The minimum atomic E-state index is 0. The van der Waals surface area contributed by atoms with Crippen LogP contribution in [0.15, 0.2) is 18.2 Å². The van der Waals surface area contributed by atoms with Crippen molar-refractivity contribution in [3.05, 3.63) is 23.8 Å². The lowest BCUT2D eigenvalue weighted by atomic mass is 10.0. The number of rotatable bonds is 0. The Hall–Kier alpha value is -1.22. The molecule has 1 aliphatic rings. The molecule has 0 unspecified atom stereocenters. The minimum absolute atomic E-state index is 0. The van der Waals surface area contributed by atoms with Crippen molar-refractivity contribution in [2.24, 2.45) is 0 Å². The fraction of sp³-hybridized carbons (Fsp3) is 0.222. The van der Waals surface area contributed by atoms with Gasteiger partial charge in [0.15, 0.2) is 0 Å². The zero-order valence-electron chi connectivity index (χ0n) is 7.04. The maximum absolute atomic E-state index is 11.0. The van der Waals surface area contributed by atoms with Crippen molar-refractivity contribution in [1.82, 2.24) is 0 Å². The Kier molecular flexibility index (Phi) is 2.78. The Morgan fingerprint density at radius 1 is 1.31 bits per heavy atom. The zero-order valence-corrected chi connectivity index (χ0v) is 7.86. The van der Waals surface area contributed by atoms with E-state index in [0.29, 0.717) is 6.42 Å². The molecule has 3 N–H and O–H groups in total.